The number of carbonyl (C=O) groups excluding carboxylic acids is 3. The number of amides is 4. The highest BCUT2D eigenvalue weighted by molar-refractivity contribution is 6.16. The van der Waals surface area contributed by atoms with E-state index in [9.17, 15) is 14.4 Å². The number of carbonyl (C=O) groups is 3. The number of rotatable bonds is 8. The maximum atomic E-state index is 15.6. The highest BCUT2D eigenvalue weighted by Crippen LogP contribution is 2.49. The number of nitrogens with one attached hydrogen (secondary N) is 1. The van der Waals surface area contributed by atoms with E-state index in [1.54, 1.807) is 47.4 Å². The van der Waals surface area contributed by atoms with Crippen LogP contribution in [0.4, 0.5) is 26.4 Å². The van der Waals surface area contributed by atoms with Crippen LogP contribution in [0.5, 0.6) is 11.5 Å². The fourth-order valence-corrected chi connectivity index (χ4v) is 5.63. The van der Waals surface area contributed by atoms with Gasteiger partial charge in [-0.25, -0.2) is 14.2 Å². The molecule has 224 valence electrons. The normalized spacial score (nSPS) is 18.4. The van der Waals surface area contributed by atoms with Crippen LogP contribution >= 0.6 is 0 Å². The molecule has 43 heavy (non-hydrogen) atoms. The van der Waals surface area contributed by atoms with Gasteiger partial charge in [-0.3, -0.25) is 24.7 Å². The lowest BCUT2D eigenvalue weighted by Crippen LogP contribution is -2.62. The molecule has 12 heteroatoms. The summed E-state index contributed by atoms with van der Waals surface area (Å²) in [6.45, 7) is 5.07. The van der Waals surface area contributed by atoms with Crippen molar-refractivity contribution in [3.05, 3.63) is 72.7 Å². The zero-order valence-corrected chi connectivity index (χ0v) is 23.9. The Bertz CT molecular complexity index is 1520. The third kappa shape index (κ3) is 5.88. The van der Waals surface area contributed by atoms with Crippen molar-refractivity contribution in [3.8, 4) is 11.5 Å². The van der Waals surface area contributed by atoms with Gasteiger partial charge in [-0.2, -0.15) is 0 Å². The summed E-state index contributed by atoms with van der Waals surface area (Å²) in [5, 5.41) is 2.83. The third-order valence-electron chi connectivity index (χ3n) is 8.37. The van der Waals surface area contributed by atoms with Gasteiger partial charge in [0.25, 0.3) is 0 Å². The van der Waals surface area contributed by atoms with Crippen LogP contribution in [0.2, 0.25) is 0 Å². The predicted molar refractivity (Wildman–Crippen MR) is 159 cm³/mol. The van der Waals surface area contributed by atoms with Gasteiger partial charge >= 0.3 is 6.03 Å². The van der Waals surface area contributed by atoms with Gasteiger partial charge in [0, 0.05) is 69.3 Å². The summed E-state index contributed by atoms with van der Waals surface area (Å²) < 4.78 is 21.4. The monoisotopic (exact) mass is 587 g/mol. The molecule has 2 aromatic carbocycles. The summed E-state index contributed by atoms with van der Waals surface area (Å²) in [5.74, 6) is -1.17. The van der Waals surface area contributed by atoms with Crippen LogP contribution in [0, 0.1) is 11.2 Å². The zero-order chi connectivity index (χ0) is 30.1. The summed E-state index contributed by atoms with van der Waals surface area (Å²) in [5.41, 5.74) is 4.60. The van der Waals surface area contributed by atoms with Crippen LogP contribution in [0.25, 0.3) is 0 Å². The van der Waals surface area contributed by atoms with Crippen LogP contribution in [0.1, 0.15) is 12.8 Å². The van der Waals surface area contributed by atoms with Gasteiger partial charge in [-0.1, -0.05) is 18.2 Å². The number of ether oxygens (including phenoxy) is 1. The molecule has 2 aliphatic heterocycles. The molecule has 0 spiro atoms. The largest absolute Gasteiger partial charge is 0.457 e. The van der Waals surface area contributed by atoms with Gasteiger partial charge in [0.15, 0.2) is 5.82 Å². The van der Waals surface area contributed by atoms with Crippen LogP contribution in [-0.2, 0) is 9.59 Å². The second kappa shape index (κ2) is 11.6. The number of urea groups is 1. The number of piperazine rings is 1. The lowest BCUT2D eigenvalue weighted by molar-refractivity contribution is -0.133. The number of primary amides is 1. The molecule has 1 saturated carbocycles. The van der Waals surface area contributed by atoms with Crippen molar-refractivity contribution in [2.75, 3.05) is 56.5 Å². The van der Waals surface area contributed by atoms with E-state index >= 15 is 4.39 Å². The van der Waals surface area contributed by atoms with Crippen molar-refractivity contribution in [2.24, 2.45) is 11.1 Å². The Hall–Kier alpha value is -4.55. The zero-order valence-electron chi connectivity index (χ0n) is 23.9. The summed E-state index contributed by atoms with van der Waals surface area (Å²) >= 11 is 0. The van der Waals surface area contributed by atoms with Gasteiger partial charge in [-0.15, -0.1) is 0 Å². The van der Waals surface area contributed by atoms with Crippen LogP contribution < -0.4 is 20.7 Å². The maximum absolute atomic E-state index is 15.6. The van der Waals surface area contributed by atoms with Crippen molar-refractivity contribution >= 4 is 35.0 Å². The summed E-state index contributed by atoms with van der Waals surface area (Å²) in [6, 6.07) is 16.2. The number of likely N-dealkylation sites (N-methyl/N-ethyl adjacent to an activating group) is 1. The van der Waals surface area contributed by atoms with Gasteiger partial charge in [0.1, 0.15) is 22.7 Å². The molecule has 4 amide bonds. The number of pyridine rings is 1. The van der Waals surface area contributed by atoms with E-state index in [1.807, 2.05) is 0 Å². The molecule has 3 heterocycles. The lowest BCUT2D eigenvalue weighted by atomic mass is 10.0. The standard InChI is InChI=1S/C31H34FN7O4/c1-36-19-22(20-36)37-13-15-38(16-14-37)30(42)35-27-18-24(9-12-34-27)43-23-7-8-26(25(32)17-23)39(21-5-3-2-4-6-21)29(41)31(10-11-31)28(33)40/h2-9,12,17-18,22H,10-11,13-16,19-20H2,1H3,(H2,33,40)(H,34,35,42). The molecule has 0 atom stereocenters. The molecule has 3 N–H and O–H groups in total. The van der Waals surface area contributed by atoms with E-state index in [4.69, 9.17) is 10.5 Å². The Morgan fingerprint density at radius 1 is 1.00 bits per heavy atom. The van der Waals surface area contributed by atoms with Crippen molar-refractivity contribution in [2.45, 2.75) is 18.9 Å². The molecular weight excluding hydrogens is 553 g/mol. The van der Waals surface area contributed by atoms with Crippen molar-refractivity contribution < 1.29 is 23.5 Å². The number of likely N-dealkylation sites (tertiary alicyclic amines) is 1. The Morgan fingerprint density at radius 2 is 1.70 bits per heavy atom. The van der Waals surface area contributed by atoms with Gasteiger partial charge in [0.05, 0.1) is 5.69 Å². The molecule has 0 unspecified atom stereocenters. The molecule has 2 saturated heterocycles. The first-order chi connectivity index (χ1) is 20.7. The van der Waals surface area contributed by atoms with Crippen molar-refractivity contribution in [1.82, 2.24) is 19.7 Å². The van der Waals surface area contributed by atoms with E-state index in [1.165, 1.54) is 29.3 Å². The lowest BCUT2D eigenvalue weighted by Gasteiger charge is -2.46. The fourth-order valence-electron chi connectivity index (χ4n) is 5.63. The van der Waals surface area contributed by atoms with E-state index < -0.39 is 23.0 Å². The van der Waals surface area contributed by atoms with Crippen molar-refractivity contribution in [3.63, 3.8) is 0 Å². The summed E-state index contributed by atoms with van der Waals surface area (Å²) in [6.07, 6.45) is 2.14. The topological polar surface area (TPSA) is 124 Å². The number of aromatic nitrogens is 1. The second-order valence-corrected chi connectivity index (χ2v) is 11.3. The van der Waals surface area contributed by atoms with E-state index in [0.717, 1.165) is 26.2 Å². The first kappa shape index (κ1) is 28.6. The smallest absolute Gasteiger partial charge is 0.323 e. The van der Waals surface area contributed by atoms with Crippen LogP contribution in [-0.4, -0.2) is 89.9 Å². The molecule has 11 nitrogen and oxygen atoms in total. The highest BCUT2D eigenvalue weighted by atomic mass is 19.1. The maximum Gasteiger partial charge on any atom is 0.323 e. The van der Waals surface area contributed by atoms with Crippen LogP contribution in [0.15, 0.2) is 66.9 Å². The van der Waals surface area contributed by atoms with Gasteiger partial charge in [-0.05, 0) is 50.2 Å². The van der Waals surface area contributed by atoms with Crippen molar-refractivity contribution in [1.29, 1.82) is 0 Å². The number of para-hydroxylation sites is 1. The number of anilines is 3. The molecule has 6 rings (SSSR count). The number of nitrogens with zero attached hydrogens (tertiary/aromatic N) is 5. The van der Waals surface area contributed by atoms with Gasteiger partial charge in [0.2, 0.25) is 11.8 Å². The summed E-state index contributed by atoms with van der Waals surface area (Å²) in [4.78, 5) is 50.4. The Balaban J connectivity index is 1.12. The van der Waals surface area contributed by atoms with E-state index in [2.05, 4.69) is 27.1 Å². The minimum Gasteiger partial charge on any atom is -0.457 e. The number of benzene rings is 2. The molecule has 0 radical (unpaired) electrons. The average Bonchev–Trinajstić information content (AvgIpc) is 3.80. The Labute approximate surface area is 249 Å². The minimum absolute atomic E-state index is 0.0248. The van der Waals surface area contributed by atoms with Gasteiger partial charge < -0.3 is 20.3 Å². The Morgan fingerprint density at radius 3 is 2.33 bits per heavy atom. The first-order valence-corrected chi connectivity index (χ1v) is 14.3. The number of nitrogens with two attached hydrogens (primary N) is 1. The average molecular weight is 588 g/mol. The number of hydrogen-bond donors (Lipinski definition) is 2. The molecule has 1 aromatic heterocycles. The minimum atomic E-state index is -1.34. The Kier molecular flexibility index (Phi) is 7.72. The van der Waals surface area contributed by atoms with Crippen LogP contribution in [0.3, 0.4) is 0 Å². The number of hydrogen-bond acceptors (Lipinski definition) is 7. The quantitative estimate of drug-likeness (QED) is 0.387. The molecule has 0 bridgehead atoms. The second-order valence-electron chi connectivity index (χ2n) is 11.3. The molecule has 3 fully saturated rings. The third-order valence-corrected chi connectivity index (χ3v) is 8.37. The fraction of sp³-hybridized carbons (Fsp3) is 0.355. The van der Waals surface area contributed by atoms with E-state index in [-0.39, 0.29) is 17.5 Å². The molecule has 3 aromatic rings. The summed E-state index contributed by atoms with van der Waals surface area (Å²) in [7, 11) is 2.11. The molecular formula is C31H34FN7O4. The predicted octanol–water partition coefficient (Wildman–Crippen LogP) is 3.41. The number of halogens is 1. The molecule has 1 aliphatic carbocycles. The first-order valence-electron chi connectivity index (χ1n) is 14.3. The van der Waals surface area contributed by atoms with E-state index in [0.29, 0.717) is 49.2 Å². The SMILES string of the molecule is CN1CC(N2CCN(C(=O)Nc3cc(Oc4ccc(N(C(=O)C5(C(N)=O)CC5)c5ccccc5)c(F)c4)ccn3)CC2)C1. The highest BCUT2D eigenvalue weighted by Gasteiger charge is 2.57. The molecule has 3 aliphatic rings.